The number of carbonyl (C=O) groups is 1. The van der Waals surface area contributed by atoms with Gasteiger partial charge in [0.15, 0.2) is 0 Å². The van der Waals surface area contributed by atoms with Gasteiger partial charge in [0.25, 0.3) is 0 Å². The van der Waals surface area contributed by atoms with Crippen molar-refractivity contribution in [3.05, 3.63) is 66.0 Å². The molecular formula is C21H26ClFN2OS. The maximum Gasteiger partial charge on any atom is 0.240 e. The second kappa shape index (κ2) is 10.1. The van der Waals surface area contributed by atoms with E-state index in [2.05, 4.69) is 0 Å². The second-order valence-corrected chi connectivity index (χ2v) is 8.01. The third-order valence-corrected chi connectivity index (χ3v) is 6.30. The van der Waals surface area contributed by atoms with E-state index < -0.39 is 5.25 Å². The van der Waals surface area contributed by atoms with Crippen LogP contribution in [0.25, 0.3) is 0 Å². The summed E-state index contributed by atoms with van der Waals surface area (Å²) in [6.07, 6.45) is 1.85. The Morgan fingerprint density at radius 3 is 2.30 bits per heavy atom. The Morgan fingerprint density at radius 1 is 1.11 bits per heavy atom. The molecule has 0 saturated carbocycles. The van der Waals surface area contributed by atoms with Crippen LogP contribution in [-0.2, 0) is 4.79 Å². The van der Waals surface area contributed by atoms with Crippen molar-refractivity contribution < 1.29 is 9.18 Å². The summed E-state index contributed by atoms with van der Waals surface area (Å²) in [5, 5.41) is -0.444. The minimum atomic E-state index is -0.444. The monoisotopic (exact) mass is 408 g/mol. The van der Waals surface area contributed by atoms with Crippen LogP contribution >= 0.6 is 24.2 Å². The number of benzene rings is 2. The van der Waals surface area contributed by atoms with Gasteiger partial charge in [0.05, 0.1) is 0 Å². The molecule has 0 aromatic heterocycles. The summed E-state index contributed by atoms with van der Waals surface area (Å²) in [6.45, 7) is 3.46. The van der Waals surface area contributed by atoms with Gasteiger partial charge < -0.3 is 10.6 Å². The molecule has 2 aromatic rings. The number of piperidine rings is 1. The first-order chi connectivity index (χ1) is 12.6. The Kier molecular flexibility index (Phi) is 8.14. The standard InChI is InChI=1S/C21H25FN2OS.ClH/c1-15(23)16-11-13-24(14-12-16)21(25)20(17-7-3-2-4-8-17)26-19-10-6-5-9-18(19)22;/h2-10,15-16,20H,11-14,23H2,1H3;1H. The summed E-state index contributed by atoms with van der Waals surface area (Å²) in [5.41, 5.74) is 6.91. The van der Waals surface area contributed by atoms with Crippen molar-refractivity contribution in [2.24, 2.45) is 11.7 Å². The Hall–Kier alpha value is -1.56. The van der Waals surface area contributed by atoms with Crippen molar-refractivity contribution >= 4 is 30.1 Å². The first kappa shape index (κ1) is 21.7. The summed E-state index contributed by atoms with van der Waals surface area (Å²) in [7, 11) is 0. The maximum atomic E-state index is 14.2. The highest BCUT2D eigenvalue weighted by Crippen LogP contribution is 2.38. The zero-order valence-electron chi connectivity index (χ0n) is 15.4. The normalized spacial score (nSPS) is 17.1. The van der Waals surface area contributed by atoms with Crippen LogP contribution in [0.3, 0.4) is 0 Å². The first-order valence-electron chi connectivity index (χ1n) is 9.06. The lowest BCUT2D eigenvalue weighted by molar-refractivity contribution is -0.132. The van der Waals surface area contributed by atoms with Gasteiger partial charge in [-0.05, 0) is 43.4 Å². The van der Waals surface area contributed by atoms with E-state index in [-0.39, 0.29) is 30.2 Å². The van der Waals surface area contributed by atoms with Gasteiger partial charge in [0, 0.05) is 24.0 Å². The van der Waals surface area contributed by atoms with Crippen LogP contribution < -0.4 is 5.73 Å². The molecule has 146 valence electrons. The van der Waals surface area contributed by atoms with Gasteiger partial charge >= 0.3 is 0 Å². The Balaban J connectivity index is 0.00000261. The highest BCUT2D eigenvalue weighted by molar-refractivity contribution is 8.00. The minimum absolute atomic E-state index is 0. The topological polar surface area (TPSA) is 46.3 Å². The van der Waals surface area contributed by atoms with Crippen molar-refractivity contribution in [1.82, 2.24) is 4.90 Å². The molecule has 2 N–H and O–H groups in total. The van der Waals surface area contributed by atoms with E-state index in [1.807, 2.05) is 42.2 Å². The average molecular weight is 409 g/mol. The van der Waals surface area contributed by atoms with Gasteiger partial charge in [0.1, 0.15) is 11.1 Å². The molecule has 2 unspecified atom stereocenters. The smallest absolute Gasteiger partial charge is 0.240 e. The minimum Gasteiger partial charge on any atom is -0.341 e. The predicted molar refractivity (Wildman–Crippen MR) is 112 cm³/mol. The van der Waals surface area contributed by atoms with Crippen molar-refractivity contribution in [3.63, 3.8) is 0 Å². The van der Waals surface area contributed by atoms with Gasteiger partial charge in [-0.15, -0.1) is 24.2 Å². The molecule has 1 aliphatic heterocycles. The second-order valence-electron chi connectivity index (χ2n) is 6.86. The van der Waals surface area contributed by atoms with Crippen LogP contribution in [-0.4, -0.2) is 29.9 Å². The molecule has 2 aromatic carbocycles. The number of nitrogens with two attached hydrogens (primary N) is 1. The molecule has 1 saturated heterocycles. The summed E-state index contributed by atoms with van der Waals surface area (Å²) < 4.78 is 14.2. The zero-order chi connectivity index (χ0) is 18.5. The summed E-state index contributed by atoms with van der Waals surface area (Å²) >= 11 is 1.29. The van der Waals surface area contributed by atoms with Gasteiger partial charge in [0.2, 0.25) is 5.91 Å². The molecule has 3 nitrogen and oxygen atoms in total. The number of hydrogen-bond donors (Lipinski definition) is 1. The summed E-state index contributed by atoms with van der Waals surface area (Å²) in [5.74, 6) is 0.225. The fourth-order valence-electron chi connectivity index (χ4n) is 3.37. The predicted octanol–water partition coefficient (Wildman–Crippen LogP) is 4.67. The number of carbonyl (C=O) groups excluding carboxylic acids is 1. The molecule has 6 heteroatoms. The molecule has 0 radical (unpaired) electrons. The average Bonchev–Trinajstić information content (AvgIpc) is 2.67. The molecule has 0 aliphatic carbocycles. The van der Waals surface area contributed by atoms with Crippen LogP contribution in [0, 0.1) is 11.7 Å². The van der Waals surface area contributed by atoms with Crippen LogP contribution in [0.5, 0.6) is 0 Å². The lowest BCUT2D eigenvalue weighted by Crippen LogP contribution is -2.43. The maximum absolute atomic E-state index is 14.2. The van der Waals surface area contributed by atoms with E-state index in [1.54, 1.807) is 18.2 Å². The van der Waals surface area contributed by atoms with E-state index in [0.29, 0.717) is 23.9 Å². The molecule has 1 heterocycles. The number of rotatable bonds is 5. The van der Waals surface area contributed by atoms with Crippen LogP contribution in [0.2, 0.25) is 0 Å². The number of thioether (sulfide) groups is 1. The molecule has 27 heavy (non-hydrogen) atoms. The molecule has 0 bridgehead atoms. The number of amides is 1. The van der Waals surface area contributed by atoms with Crippen LogP contribution in [0.4, 0.5) is 4.39 Å². The van der Waals surface area contributed by atoms with Gasteiger partial charge in [-0.3, -0.25) is 4.79 Å². The largest absolute Gasteiger partial charge is 0.341 e. The van der Waals surface area contributed by atoms with E-state index in [4.69, 9.17) is 5.73 Å². The Bertz CT molecular complexity index is 736. The van der Waals surface area contributed by atoms with Crippen molar-refractivity contribution in [2.75, 3.05) is 13.1 Å². The molecule has 1 amide bonds. The number of likely N-dealkylation sites (tertiary alicyclic amines) is 1. The van der Waals surface area contributed by atoms with E-state index in [1.165, 1.54) is 17.8 Å². The number of halogens is 2. The SMILES string of the molecule is CC(N)C1CCN(C(=O)C(Sc2ccccc2F)c2ccccc2)CC1.Cl. The van der Waals surface area contributed by atoms with Gasteiger partial charge in [-0.25, -0.2) is 4.39 Å². The quantitative estimate of drug-likeness (QED) is 0.731. The molecule has 3 rings (SSSR count). The van der Waals surface area contributed by atoms with Crippen LogP contribution in [0.1, 0.15) is 30.6 Å². The van der Waals surface area contributed by atoms with Gasteiger partial charge in [-0.1, -0.05) is 42.5 Å². The van der Waals surface area contributed by atoms with Gasteiger partial charge in [-0.2, -0.15) is 0 Å². The summed E-state index contributed by atoms with van der Waals surface area (Å²) in [6, 6.07) is 16.4. The third-order valence-electron chi connectivity index (χ3n) is 5.00. The van der Waals surface area contributed by atoms with Crippen molar-refractivity contribution in [2.45, 2.75) is 36.0 Å². The lowest BCUT2D eigenvalue weighted by atomic mass is 9.90. The highest BCUT2D eigenvalue weighted by Gasteiger charge is 2.31. The van der Waals surface area contributed by atoms with E-state index in [0.717, 1.165) is 18.4 Å². The third kappa shape index (κ3) is 5.47. The number of nitrogens with zero attached hydrogens (tertiary/aromatic N) is 1. The summed E-state index contributed by atoms with van der Waals surface area (Å²) in [4.78, 5) is 15.6. The van der Waals surface area contributed by atoms with E-state index >= 15 is 0 Å². The molecule has 0 spiro atoms. The van der Waals surface area contributed by atoms with Crippen LogP contribution in [0.15, 0.2) is 59.5 Å². The fraction of sp³-hybridized carbons (Fsp3) is 0.381. The molecular weight excluding hydrogens is 383 g/mol. The zero-order valence-corrected chi connectivity index (χ0v) is 17.0. The molecule has 1 fully saturated rings. The molecule has 1 aliphatic rings. The Morgan fingerprint density at radius 2 is 1.70 bits per heavy atom. The lowest BCUT2D eigenvalue weighted by Gasteiger charge is -2.35. The highest BCUT2D eigenvalue weighted by atomic mass is 35.5. The first-order valence-corrected chi connectivity index (χ1v) is 9.94. The number of hydrogen-bond acceptors (Lipinski definition) is 3. The fourth-order valence-corrected chi connectivity index (χ4v) is 4.50. The molecule has 2 atom stereocenters. The van der Waals surface area contributed by atoms with E-state index in [9.17, 15) is 9.18 Å². The van der Waals surface area contributed by atoms with Crippen molar-refractivity contribution in [3.8, 4) is 0 Å². The van der Waals surface area contributed by atoms with Crippen molar-refractivity contribution in [1.29, 1.82) is 0 Å². The Labute approximate surface area is 170 Å².